The van der Waals surface area contributed by atoms with Crippen molar-refractivity contribution in [2.75, 3.05) is 0 Å². The molecule has 3 nitrogen and oxygen atoms in total. The minimum atomic E-state index is -0.519. The second-order valence-corrected chi connectivity index (χ2v) is 6.02. The molecule has 0 radical (unpaired) electrons. The van der Waals surface area contributed by atoms with Crippen molar-refractivity contribution in [1.82, 2.24) is 5.32 Å². The van der Waals surface area contributed by atoms with Gasteiger partial charge in [-0.15, -0.1) is 0 Å². The minimum Gasteiger partial charge on any atom is -0.349 e. The van der Waals surface area contributed by atoms with Crippen LogP contribution in [0.5, 0.6) is 0 Å². The minimum absolute atomic E-state index is 0.0269. The Morgan fingerprint density at radius 1 is 1.17 bits per heavy atom. The predicted molar refractivity (Wildman–Crippen MR) is 85.0 cm³/mol. The van der Waals surface area contributed by atoms with Crippen molar-refractivity contribution < 1.29 is 9.18 Å². The summed E-state index contributed by atoms with van der Waals surface area (Å²) in [6, 6.07) is 15.3. The van der Waals surface area contributed by atoms with Crippen LogP contribution in [0.15, 0.2) is 48.5 Å². The third-order valence-electron chi connectivity index (χ3n) is 4.47. The number of nitrogens with zero attached hydrogens (tertiary/aromatic N) is 1. The van der Waals surface area contributed by atoms with Gasteiger partial charge in [-0.1, -0.05) is 24.3 Å². The Balaban J connectivity index is 1.73. The van der Waals surface area contributed by atoms with Crippen molar-refractivity contribution in [3.8, 4) is 6.07 Å². The lowest BCUT2D eigenvalue weighted by Crippen LogP contribution is -2.36. The van der Waals surface area contributed by atoms with Gasteiger partial charge in [0.15, 0.2) is 0 Å². The predicted octanol–water partition coefficient (Wildman–Crippen LogP) is 3.61. The van der Waals surface area contributed by atoms with Crippen LogP contribution in [0.2, 0.25) is 0 Å². The standard InChI is InChI=1S/C19H17FN2O/c1-13(15-4-2-14(12-21)3-5-15)22-18(23)19(10-11-19)16-6-8-17(20)9-7-16/h2-9,13H,10-11H2,1H3,(H,22,23). The van der Waals surface area contributed by atoms with Crippen molar-refractivity contribution in [2.45, 2.75) is 31.2 Å². The van der Waals surface area contributed by atoms with Gasteiger partial charge in [0.2, 0.25) is 5.91 Å². The van der Waals surface area contributed by atoms with Crippen molar-refractivity contribution in [1.29, 1.82) is 5.26 Å². The zero-order valence-electron chi connectivity index (χ0n) is 12.8. The van der Waals surface area contributed by atoms with E-state index in [0.29, 0.717) is 5.56 Å². The highest BCUT2D eigenvalue weighted by Gasteiger charge is 2.51. The molecule has 0 bridgehead atoms. The van der Waals surface area contributed by atoms with E-state index in [-0.39, 0.29) is 17.8 Å². The second-order valence-electron chi connectivity index (χ2n) is 6.02. The SMILES string of the molecule is CC(NC(=O)C1(c2ccc(F)cc2)CC1)c1ccc(C#N)cc1. The summed E-state index contributed by atoms with van der Waals surface area (Å²) < 4.78 is 13.1. The molecule has 0 saturated heterocycles. The molecule has 0 aliphatic heterocycles. The Bertz CT molecular complexity index is 755. The maximum Gasteiger partial charge on any atom is 0.231 e. The molecule has 1 unspecified atom stereocenters. The Morgan fingerprint density at radius 3 is 2.30 bits per heavy atom. The van der Waals surface area contributed by atoms with Gasteiger partial charge in [0.25, 0.3) is 0 Å². The largest absolute Gasteiger partial charge is 0.349 e. The second kappa shape index (κ2) is 5.85. The monoisotopic (exact) mass is 308 g/mol. The van der Waals surface area contributed by atoms with Crippen LogP contribution in [0.3, 0.4) is 0 Å². The fraction of sp³-hybridized carbons (Fsp3) is 0.263. The zero-order valence-corrected chi connectivity index (χ0v) is 12.8. The van der Waals surface area contributed by atoms with Crippen LogP contribution in [0.4, 0.5) is 4.39 Å². The molecule has 4 heteroatoms. The summed E-state index contributed by atoms with van der Waals surface area (Å²) in [5.41, 5.74) is 1.89. The van der Waals surface area contributed by atoms with Gasteiger partial charge in [0, 0.05) is 0 Å². The summed E-state index contributed by atoms with van der Waals surface area (Å²) in [7, 11) is 0. The Labute approximate surface area is 134 Å². The van der Waals surface area contributed by atoms with Crippen molar-refractivity contribution in [3.05, 3.63) is 71.0 Å². The van der Waals surface area contributed by atoms with Crippen LogP contribution in [0.1, 0.15) is 42.5 Å². The van der Waals surface area contributed by atoms with Gasteiger partial charge >= 0.3 is 0 Å². The molecule has 1 atom stereocenters. The lowest BCUT2D eigenvalue weighted by molar-refractivity contribution is -0.124. The summed E-state index contributed by atoms with van der Waals surface area (Å²) >= 11 is 0. The molecular weight excluding hydrogens is 291 g/mol. The summed E-state index contributed by atoms with van der Waals surface area (Å²) in [5, 5.41) is 11.9. The molecule has 1 fully saturated rings. The molecule has 23 heavy (non-hydrogen) atoms. The first-order valence-electron chi connectivity index (χ1n) is 7.62. The van der Waals surface area contributed by atoms with Crippen LogP contribution in [-0.2, 0) is 10.2 Å². The fourth-order valence-electron chi connectivity index (χ4n) is 2.81. The Morgan fingerprint density at radius 2 is 1.78 bits per heavy atom. The first-order valence-corrected chi connectivity index (χ1v) is 7.62. The van der Waals surface area contributed by atoms with Crippen LogP contribution < -0.4 is 5.32 Å². The van der Waals surface area contributed by atoms with Gasteiger partial charge in [-0.2, -0.15) is 5.26 Å². The van der Waals surface area contributed by atoms with Crippen LogP contribution in [0, 0.1) is 17.1 Å². The Kier molecular flexibility index (Phi) is 3.87. The maximum atomic E-state index is 13.1. The van der Waals surface area contributed by atoms with Gasteiger partial charge in [0.1, 0.15) is 5.82 Å². The molecule has 0 aromatic heterocycles. The summed E-state index contributed by atoms with van der Waals surface area (Å²) in [6.07, 6.45) is 1.56. The van der Waals surface area contributed by atoms with Crippen molar-refractivity contribution in [2.24, 2.45) is 0 Å². The molecule has 1 N–H and O–H groups in total. The number of amides is 1. The summed E-state index contributed by atoms with van der Waals surface area (Å²) in [4.78, 5) is 12.7. The number of nitrogens with one attached hydrogen (secondary N) is 1. The average molecular weight is 308 g/mol. The number of carbonyl (C=O) groups is 1. The number of benzene rings is 2. The molecule has 3 rings (SSSR count). The normalized spacial score (nSPS) is 16.2. The van der Waals surface area contributed by atoms with Crippen LogP contribution in [0.25, 0.3) is 0 Å². The highest BCUT2D eigenvalue weighted by Crippen LogP contribution is 2.48. The van der Waals surface area contributed by atoms with E-state index in [1.807, 2.05) is 19.1 Å². The molecular formula is C19H17FN2O. The zero-order chi connectivity index (χ0) is 16.4. The van der Waals surface area contributed by atoms with Crippen molar-refractivity contribution >= 4 is 5.91 Å². The first-order chi connectivity index (χ1) is 11.0. The lowest BCUT2D eigenvalue weighted by atomic mass is 9.94. The number of halogens is 1. The van der Waals surface area contributed by atoms with Gasteiger partial charge < -0.3 is 5.32 Å². The van der Waals surface area contributed by atoms with Gasteiger partial charge in [-0.3, -0.25) is 4.79 Å². The number of rotatable bonds is 4. The number of carbonyl (C=O) groups excluding carboxylic acids is 1. The molecule has 0 spiro atoms. The number of nitriles is 1. The van der Waals surface area contributed by atoms with Gasteiger partial charge in [0.05, 0.1) is 23.1 Å². The van der Waals surface area contributed by atoms with E-state index in [0.717, 1.165) is 24.0 Å². The first kappa shape index (κ1) is 15.2. The van der Waals surface area contributed by atoms with E-state index in [9.17, 15) is 9.18 Å². The topological polar surface area (TPSA) is 52.9 Å². The van der Waals surface area contributed by atoms with E-state index in [2.05, 4.69) is 11.4 Å². The number of hydrogen-bond acceptors (Lipinski definition) is 2. The molecule has 2 aromatic rings. The van der Waals surface area contributed by atoms with Gasteiger partial charge in [-0.25, -0.2) is 4.39 Å². The third-order valence-corrected chi connectivity index (χ3v) is 4.47. The molecule has 1 aliphatic rings. The third kappa shape index (κ3) is 2.95. The summed E-state index contributed by atoms with van der Waals surface area (Å²) in [6.45, 7) is 1.92. The van der Waals surface area contributed by atoms with E-state index in [1.54, 1.807) is 24.3 Å². The van der Waals surface area contributed by atoms with E-state index < -0.39 is 5.41 Å². The van der Waals surface area contributed by atoms with Crippen LogP contribution >= 0.6 is 0 Å². The van der Waals surface area contributed by atoms with E-state index in [4.69, 9.17) is 5.26 Å². The molecule has 0 heterocycles. The van der Waals surface area contributed by atoms with Crippen molar-refractivity contribution in [3.63, 3.8) is 0 Å². The molecule has 1 aliphatic carbocycles. The average Bonchev–Trinajstić information content (AvgIpc) is 3.37. The highest BCUT2D eigenvalue weighted by atomic mass is 19.1. The molecule has 1 saturated carbocycles. The van der Waals surface area contributed by atoms with E-state index >= 15 is 0 Å². The highest BCUT2D eigenvalue weighted by molar-refractivity contribution is 5.91. The van der Waals surface area contributed by atoms with Gasteiger partial charge in [-0.05, 0) is 55.2 Å². The maximum absolute atomic E-state index is 13.1. The van der Waals surface area contributed by atoms with Crippen LogP contribution in [-0.4, -0.2) is 5.91 Å². The fourth-order valence-corrected chi connectivity index (χ4v) is 2.81. The quantitative estimate of drug-likeness (QED) is 0.938. The molecule has 116 valence electrons. The lowest BCUT2D eigenvalue weighted by Gasteiger charge is -2.20. The summed E-state index contributed by atoms with van der Waals surface area (Å²) in [5.74, 6) is -0.322. The smallest absolute Gasteiger partial charge is 0.231 e. The number of hydrogen-bond donors (Lipinski definition) is 1. The Hall–Kier alpha value is -2.67. The van der Waals surface area contributed by atoms with E-state index in [1.165, 1.54) is 12.1 Å². The molecule has 1 amide bonds. The molecule has 2 aromatic carbocycles.